The van der Waals surface area contributed by atoms with Crippen molar-refractivity contribution < 1.29 is 4.92 Å². The molecule has 0 radical (unpaired) electrons. The Morgan fingerprint density at radius 2 is 1.95 bits per heavy atom. The monoisotopic (exact) mass is 280 g/mol. The van der Waals surface area contributed by atoms with E-state index in [9.17, 15) is 10.1 Å². The van der Waals surface area contributed by atoms with E-state index in [4.69, 9.17) is 5.73 Å². The van der Waals surface area contributed by atoms with Crippen molar-refractivity contribution in [1.82, 2.24) is 4.98 Å². The molecule has 1 aromatic heterocycles. The summed E-state index contributed by atoms with van der Waals surface area (Å²) in [5, 5.41) is 11.2. The van der Waals surface area contributed by atoms with E-state index >= 15 is 0 Å². The molecule has 0 bridgehead atoms. The summed E-state index contributed by atoms with van der Waals surface area (Å²) >= 11 is 0. The number of nitrogen functional groups attached to an aromatic ring is 1. The summed E-state index contributed by atoms with van der Waals surface area (Å²) in [6.45, 7) is 9.07. The van der Waals surface area contributed by atoms with Crippen LogP contribution in [-0.4, -0.2) is 22.5 Å². The van der Waals surface area contributed by atoms with Crippen LogP contribution in [0.5, 0.6) is 0 Å². The molecule has 0 saturated heterocycles. The van der Waals surface area contributed by atoms with Crippen LogP contribution >= 0.6 is 0 Å². The lowest BCUT2D eigenvalue weighted by Gasteiger charge is -2.32. The van der Waals surface area contributed by atoms with E-state index in [0.717, 1.165) is 19.4 Å². The zero-order chi connectivity index (χ0) is 15.3. The predicted molar refractivity (Wildman–Crippen MR) is 81.9 cm³/mol. The molecule has 0 amide bonds. The Labute approximate surface area is 120 Å². The molecular weight excluding hydrogens is 256 g/mol. The Kier molecular flexibility index (Phi) is 5.73. The van der Waals surface area contributed by atoms with Gasteiger partial charge < -0.3 is 10.6 Å². The van der Waals surface area contributed by atoms with Gasteiger partial charge in [-0.15, -0.1) is 0 Å². The van der Waals surface area contributed by atoms with Gasteiger partial charge in [-0.3, -0.25) is 10.1 Å². The Morgan fingerprint density at radius 1 is 1.35 bits per heavy atom. The molecule has 0 aliphatic carbocycles. The van der Waals surface area contributed by atoms with E-state index in [1.165, 1.54) is 12.1 Å². The maximum absolute atomic E-state index is 11.2. The highest BCUT2D eigenvalue weighted by Gasteiger charge is 2.26. The average Bonchev–Trinajstić information content (AvgIpc) is 2.38. The summed E-state index contributed by atoms with van der Waals surface area (Å²) in [4.78, 5) is 17.1. The minimum absolute atomic E-state index is 0.0201. The molecule has 112 valence electrons. The molecule has 0 aromatic carbocycles. The number of pyridine rings is 1. The third-order valence-corrected chi connectivity index (χ3v) is 3.29. The molecule has 0 unspecified atom stereocenters. The van der Waals surface area contributed by atoms with Crippen molar-refractivity contribution in [3.63, 3.8) is 0 Å². The van der Waals surface area contributed by atoms with Crippen LogP contribution < -0.4 is 10.6 Å². The second kappa shape index (κ2) is 7.07. The van der Waals surface area contributed by atoms with Gasteiger partial charge in [0.25, 0.3) is 0 Å². The third-order valence-electron chi connectivity index (χ3n) is 3.29. The van der Waals surface area contributed by atoms with Crippen LogP contribution in [0.3, 0.4) is 0 Å². The molecule has 2 N–H and O–H groups in total. The normalized spacial score (nSPS) is 11.1. The summed E-state index contributed by atoms with van der Waals surface area (Å²) in [7, 11) is 0. The predicted octanol–water partition coefficient (Wildman–Crippen LogP) is 3.22. The highest BCUT2D eigenvalue weighted by molar-refractivity contribution is 5.61. The molecule has 1 rings (SSSR count). The number of hydrogen-bond acceptors (Lipinski definition) is 5. The zero-order valence-electron chi connectivity index (χ0n) is 12.7. The number of anilines is 2. The SMILES string of the molecule is CCC(CC)N(CC(C)C)c1nc(N)ccc1[N+](=O)[O-]. The first-order valence-corrected chi connectivity index (χ1v) is 7.08. The van der Waals surface area contributed by atoms with Gasteiger partial charge >= 0.3 is 5.69 Å². The van der Waals surface area contributed by atoms with E-state index in [2.05, 4.69) is 32.7 Å². The van der Waals surface area contributed by atoms with E-state index < -0.39 is 4.92 Å². The van der Waals surface area contributed by atoms with Crippen molar-refractivity contribution in [3.05, 3.63) is 22.2 Å². The van der Waals surface area contributed by atoms with E-state index in [0.29, 0.717) is 17.6 Å². The van der Waals surface area contributed by atoms with E-state index in [-0.39, 0.29) is 11.7 Å². The maximum Gasteiger partial charge on any atom is 0.311 e. The van der Waals surface area contributed by atoms with Crippen molar-refractivity contribution in [3.8, 4) is 0 Å². The Morgan fingerprint density at radius 3 is 2.40 bits per heavy atom. The summed E-state index contributed by atoms with van der Waals surface area (Å²) < 4.78 is 0. The largest absolute Gasteiger partial charge is 0.384 e. The van der Waals surface area contributed by atoms with Crippen molar-refractivity contribution >= 4 is 17.3 Å². The molecule has 1 aromatic rings. The smallest absolute Gasteiger partial charge is 0.311 e. The van der Waals surface area contributed by atoms with Gasteiger partial charge in [-0.05, 0) is 24.8 Å². The number of hydrogen-bond donors (Lipinski definition) is 1. The van der Waals surface area contributed by atoms with Gasteiger partial charge in [0, 0.05) is 18.7 Å². The van der Waals surface area contributed by atoms with Crippen LogP contribution in [0.15, 0.2) is 12.1 Å². The van der Waals surface area contributed by atoms with Crippen LogP contribution in [0.1, 0.15) is 40.5 Å². The zero-order valence-corrected chi connectivity index (χ0v) is 12.7. The summed E-state index contributed by atoms with van der Waals surface area (Å²) in [5.74, 6) is 1.08. The minimum atomic E-state index is -0.391. The fraction of sp³-hybridized carbons (Fsp3) is 0.643. The molecule has 0 atom stereocenters. The van der Waals surface area contributed by atoms with Gasteiger partial charge in [0.2, 0.25) is 5.82 Å². The molecule has 6 nitrogen and oxygen atoms in total. The molecular formula is C14H24N4O2. The van der Waals surface area contributed by atoms with Gasteiger partial charge in [-0.2, -0.15) is 0 Å². The number of nitrogens with zero attached hydrogens (tertiary/aromatic N) is 3. The van der Waals surface area contributed by atoms with Gasteiger partial charge in [0.05, 0.1) is 4.92 Å². The van der Waals surface area contributed by atoms with Gasteiger partial charge in [0.15, 0.2) is 0 Å². The fourth-order valence-corrected chi connectivity index (χ4v) is 2.34. The average molecular weight is 280 g/mol. The van der Waals surface area contributed by atoms with E-state index in [1.54, 1.807) is 0 Å². The highest BCUT2D eigenvalue weighted by Crippen LogP contribution is 2.30. The van der Waals surface area contributed by atoms with Crippen molar-refractivity contribution in [2.45, 2.75) is 46.6 Å². The standard InChI is InChI=1S/C14H24N4O2/c1-5-11(6-2)17(9-10(3)4)14-12(18(19)20)7-8-13(15)16-14/h7-8,10-11H,5-6,9H2,1-4H3,(H2,15,16). The van der Waals surface area contributed by atoms with Crippen LogP contribution in [-0.2, 0) is 0 Å². The Hall–Kier alpha value is -1.85. The quantitative estimate of drug-likeness (QED) is 0.612. The lowest BCUT2D eigenvalue weighted by atomic mass is 10.1. The number of nitro groups is 1. The summed E-state index contributed by atoms with van der Waals surface area (Å²) in [6, 6.07) is 3.14. The molecule has 0 saturated carbocycles. The Bertz CT molecular complexity index is 458. The van der Waals surface area contributed by atoms with Crippen molar-refractivity contribution in [2.24, 2.45) is 5.92 Å². The topological polar surface area (TPSA) is 85.3 Å². The molecule has 20 heavy (non-hydrogen) atoms. The summed E-state index contributed by atoms with van der Waals surface area (Å²) in [5.41, 5.74) is 5.74. The molecule has 0 fully saturated rings. The number of nitrogens with two attached hydrogens (primary N) is 1. The molecule has 1 heterocycles. The first-order valence-electron chi connectivity index (χ1n) is 7.08. The minimum Gasteiger partial charge on any atom is -0.384 e. The van der Waals surface area contributed by atoms with Crippen molar-refractivity contribution in [1.29, 1.82) is 0 Å². The lowest BCUT2D eigenvalue weighted by molar-refractivity contribution is -0.384. The maximum atomic E-state index is 11.2. The third kappa shape index (κ3) is 3.82. The first-order chi connectivity index (χ1) is 9.40. The second-order valence-corrected chi connectivity index (χ2v) is 5.35. The highest BCUT2D eigenvalue weighted by atomic mass is 16.6. The van der Waals surface area contributed by atoms with Gasteiger partial charge in [-0.25, -0.2) is 4.98 Å². The molecule has 0 aliphatic rings. The van der Waals surface area contributed by atoms with E-state index in [1.807, 2.05) is 4.90 Å². The van der Waals surface area contributed by atoms with Crippen LogP contribution in [0.25, 0.3) is 0 Å². The number of rotatable bonds is 7. The van der Waals surface area contributed by atoms with Crippen LogP contribution in [0, 0.1) is 16.0 Å². The van der Waals surface area contributed by atoms with Gasteiger partial charge in [0.1, 0.15) is 5.82 Å². The molecule has 0 spiro atoms. The fourth-order valence-electron chi connectivity index (χ4n) is 2.34. The van der Waals surface area contributed by atoms with Crippen molar-refractivity contribution in [2.75, 3.05) is 17.2 Å². The molecule has 0 aliphatic heterocycles. The Balaban J connectivity index is 3.31. The van der Waals surface area contributed by atoms with Gasteiger partial charge in [-0.1, -0.05) is 27.7 Å². The second-order valence-electron chi connectivity index (χ2n) is 5.35. The van der Waals surface area contributed by atoms with Crippen LogP contribution in [0.4, 0.5) is 17.3 Å². The lowest BCUT2D eigenvalue weighted by Crippen LogP contribution is -2.38. The first kappa shape index (κ1) is 16.2. The van der Waals surface area contributed by atoms with Crippen LogP contribution in [0.2, 0.25) is 0 Å². The summed E-state index contributed by atoms with van der Waals surface area (Å²) in [6.07, 6.45) is 1.83. The number of aromatic nitrogens is 1. The molecule has 6 heteroatoms.